The van der Waals surface area contributed by atoms with E-state index >= 15 is 0 Å². The summed E-state index contributed by atoms with van der Waals surface area (Å²) >= 11 is 0. The minimum absolute atomic E-state index is 0. The number of anilines is 1. The van der Waals surface area contributed by atoms with Gasteiger partial charge in [-0.2, -0.15) is 0 Å². The first-order valence-corrected chi connectivity index (χ1v) is 8.39. The Labute approximate surface area is 157 Å². The molecule has 1 aliphatic heterocycles. The lowest BCUT2D eigenvalue weighted by Gasteiger charge is -2.34. The molecule has 0 bridgehead atoms. The Hall–Kier alpha value is -0.820. The molecule has 1 heterocycles. The van der Waals surface area contributed by atoms with Gasteiger partial charge in [-0.1, -0.05) is 26.0 Å². The van der Waals surface area contributed by atoms with Crippen LogP contribution in [-0.4, -0.2) is 37.0 Å². The second-order valence-corrected chi connectivity index (χ2v) is 6.82. The van der Waals surface area contributed by atoms with Crippen LogP contribution in [0.4, 0.5) is 5.69 Å². The molecule has 0 radical (unpaired) electrons. The topological polar surface area (TPSA) is 53.6 Å². The third-order valence-electron chi connectivity index (χ3n) is 4.15. The first-order valence-electron chi connectivity index (χ1n) is 8.39. The molecule has 1 aliphatic rings. The highest BCUT2D eigenvalue weighted by Gasteiger charge is 2.20. The predicted molar refractivity (Wildman–Crippen MR) is 111 cm³/mol. The van der Waals surface area contributed by atoms with E-state index in [-0.39, 0.29) is 24.0 Å². The number of nitrogens with zero attached hydrogens (tertiary/aromatic N) is 2. The summed E-state index contributed by atoms with van der Waals surface area (Å²) in [5.41, 5.74) is 8.16. The minimum Gasteiger partial charge on any atom is -0.370 e. The van der Waals surface area contributed by atoms with Crippen LogP contribution in [-0.2, 0) is 0 Å². The third kappa shape index (κ3) is 7.52. The number of nitrogens with two attached hydrogens (primary N) is 1. The van der Waals surface area contributed by atoms with E-state index < -0.39 is 0 Å². The molecule has 2 atom stereocenters. The molecule has 0 aromatic heterocycles. The molecule has 1 fully saturated rings. The zero-order valence-corrected chi connectivity index (χ0v) is 16.9. The van der Waals surface area contributed by atoms with Gasteiger partial charge in [0.15, 0.2) is 5.96 Å². The molecule has 130 valence electrons. The molecular weight excluding hydrogens is 399 g/mol. The second kappa shape index (κ2) is 10.1. The van der Waals surface area contributed by atoms with Crippen LogP contribution in [0.2, 0.25) is 0 Å². The Balaban J connectivity index is 0.00000264. The van der Waals surface area contributed by atoms with Crippen LogP contribution in [0, 0.1) is 18.8 Å². The van der Waals surface area contributed by atoms with Crippen LogP contribution in [0.3, 0.4) is 0 Å². The van der Waals surface area contributed by atoms with Crippen LogP contribution in [0.15, 0.2) is 29.3 Å². The van der Waals surface area contributed by atoms with Gasteiger partial charge in [0, 0.05) is 25.3 Å². The molecule has 2 rings (SSSR count). The van der Waals surface area contributed by atoms with Gasteiger partial charge in [-0.15, -0.1) is 24.0 Å². The number of aryl methyl sites for hydroxylation is 1. The third-order valence-corrected chi connectivity index (χ3v) is 4.15. The molecule has 1 saturated heterocycles. The molecule has 4 nitrogen and oxygen atoms in total. The molecule has 1 aromatic rings. The molecule has 1 aromatic carbocycles. The zero-order valence-electron chi connectivity index (χ0n) is 14.6. The maximum atomic E-state index is 5.94. The van der Waals surface area contributed by atoms with E-state index in [1.54, 1.807) is 0 Å². The SMILES string of the molecule is Cc1cccc(NC(N)=NCCCN2CC(C)CC(C)C2)c1.I. The van der Waals surface area contributed by atoms with E-state index in [2.05, 4.69) is 48.1 Å². The van der Waals surface area contributed by atoms with Gasteiger partial charge in [0.25, 0.3) is 0 Å². The number of rotatable bonds is 5. The van der Waals surface area contributed by atoms with Crippen LogP contribution < -0.4 is 11.1 Å². The Morgan fingerprint density at radius 2 is 2.00 bits per heavy atom. The molecule has 0 spiro atoms. The van der Waals surface area contributed by atoms with Gasteiger partial charge in [0.05, 0.1) is 0 Å². The maximum absolute atomic E-state index is 5.94. The fourth-order valence-electron chi connectivity index (χ4n) is 3.38. The van der Waals surface area contributed by atoms with Gasteiger partial charge in [-0.3, -0.25) is 4.99 Å². The number of benzene rings is 1. The molecular formula is C18H31IN4. The van der Waals surface area contributed by atoms with Crippen molar-refractivity contribution in [3.8, 4) is 0 Å². The Bertz CT molecular complexity index is 494. The number of piperidine rings is 1. The predicted octanol–water partition coefficient (Wildman–Crippen LogP) is 3.71. The molecule has 2 unspecified atom stereocenters. The Morgan fingerprint density at radius 1 is 1.30 bits per heavy atom. The van der Waals surface area contributed by atoms with E-state index in [1.807, 2.05) is 12.1 Å². The summed E-state index contributed by atoms with van der Waals surface area (Å²) in [7, 11) is 0. The van der Waals surface area contributed by atoms with Crippen molar-refractivity contribution < 1.29 is 0 Å². The lowest BCUT2D eigenvalue weighted by atomic mass is 9.92. The Morgan fingerprint density at radius 3 is 2.65 bits per heavy atom. The first kappa shape index (κ1) is 20.2. The maximum Gasteiger partial charge on any atom is 0.193 e. The van der Waals surface area contributed by atoms with Crippen LogP contribution in [0.25, 0.3) is 0 Å². The summed E-state index contributed by atoms with van der Waals surface area (Å²) in [5, 5.41) is 3.15. The average molecular weight is 430 g/mol. The van der Waals surface area contributed by atoms with Gasteiger partial charge in [-0.25, -0.2) is 0 Å². The van der Waals surface area contributed by atoms with Crippen LogP contribution >= 0.6 is 24.0 Å². The van der Waals surface area contributed by atoms with E-state index in [0.717, 1.165) is 37.0 Å². The van der Waals surface area contributed by atoms with Crippen molar-refractivity contribution in [3.63, 3.8) is 0 Å². The van der Waals surface area contributed by atoms with Crippen molar-refractivity contribution >= 4 is 35.6 Å². The number of nitrogens with one attached hydrogen (secondary N) is 1. The lowest BCUT2D eigenvalue weighted by Crippen LogP contribution is -2.39. The lowest BCUT2D eigenvalue weighted by molar-refractivity contribution is 0.140. The molecule has 0 amide bonds. The minimum atomic E-state index is 0. The fraction of sp³-hybridized carbons (Fsp3) is 0.611. The Kier molecular flexibility index (Phi) is 8.91. The smallest absolute Gasteiger partial charge is 0.193 e. The van der Waals surface area contributed by atoms with Crippen molar-refractivity contribution in [2.75, 3.05) is 31.5 Å². The summed E-state index contributed by atoms with van der Waals surface area (Å²) in [5.74, 6) is 2.14. The highest BCUT2D eigenvalue weighted by Crippen LogP contribution is 2.20. The van der Waals surface area contributed by atoms with E-state index in [0.29, 0.717) is 5.96 Å². The highest BCUT2D eigenvalue weighted by molar-refractivity contribution is 14.0. The second-order valence-electron chi connectivity index (χ2n) is 6.82. The number of aliphatic imine (C=N–C) groups is 1. The summed E-state index contributed by atoms with van der Waals surface area (Å²) in [6.07, 6.45) is 2.43. The number of guanidine groups is 1. The summed E-state index contributed by atoms with van der Waals surface area (Å²) in [6.45, 7) is 11.1. The normalized spacial score (nSPS) is 22.5. The molecule has 5 heteroatoms. The summed E-state index contributed by atoms with van der Waals surface area (Å²) in [6, 6.07) is 8.16. The van der Waals surface area contributed by atoms with Crippen molar-refractivity contribution in [2.24, 2.45) is 22.6 Å². The number of halogens is 1. The van der Waals surface area contributed by atoms with Gasteiger partial charge in [0.1, 0.15) is 0 Å². The van der Waals surface area contributed by atoms with E-state index in [1.165, 1.54) is 25.1 Å². The van der Waals surface area contributed by atoms with E-state index in [9.17, 15) is 0 Å². The highest BCUT2D eigenvalue weighted by atomic mass is 127. The molecule has 0 aliphatic carbocycles. The van der Waals surface area contributed by atoms with Crippen molar-refractivity contribution in [2.45, 2.75) is 33.6 Å². The molecule has 23 heavy (non-hydrogen) atoms. The van der Waals surface area contributed by atoms with Gasteiger partial charge in [-0.05, 0) is 55.8 Å². The standard InChI is InChI=1S/C18H30N4.HI/c1-14-6-4-7-17(11-14)21-18(19)20-8-5-9-22-12-15(2)10-16(3)13-22;/h4,6-7,11,15-16H,5,8-10,12-13H2,1-3H3,(H3,19,20,21);1H. The van der Waals surface area contributed by atoms with Crippen molar-refractivity contribution in [1.29, 1.82) is 0 Å². The van der Waals surface area contributed by atoms with Crippen molar-refractivity contribution in [1.82, 2.24) is 4.90 Å². The van der Waals surface area contributed by atoms with Gasteiger partial charge in [0.2, 0.25) is 0 Å². The quantitative estimate of drug-likeness (QED) is 0.324. The average Bonchev–Trinajstić information content (AvgIpc) is 2.42. The fourth-order valence-corrected chi connectivity index (χ4v) is 3.38. The number of likely N-dealkylation sites (tertiary alicyclic amines) is 1. The van der Waals surface area contributed by atoms with Crippen LogP contribution in [0.1, 0.15) is 32.3 Å². The van der Waals surface area contributed by atoms with Crippen LogP contribution in [0.5, 0.6) is 0 Å². The van der Waals surface area contributed by atoms with E-state index in [4.69, 9.17) is 5.73 Å². The van der Waals surface area contributed by atoms with Gasteiger partial charge < -0.3 is 16.0 Å². The molecule has 0 saturated carbocycles. The van der Waals surface area contributed by atoms with Gasteiger partial charge >= 0.3 is 0 Å². The number of hydrogen-bond donors (Lipinski definition) is 2. The summed E-state index contributed by atoms with van der Waals surface area (Å²) in [4.78, 5) is 7.00. The zero-order chi connectivity index (χ0) is 15.9. The number of hydrogen-bond acceptors (Lipinski definition) is 2. The van der Waals surface area contributed by atoms with Crippen molar-refractivity contribution in [3.05, 3.63) is 29.8 Å². The monoisotopic (exact) mass is 430 g/mol. The largest absolute Gasteiger partial charge is 0.370 e. The summed E-state index contributed by atoms with van der Waals surface area (Å²) < 4.78 is 0. The molecule has 3 N–H and O–H groups in total. The first-order chi connectivity index (χ1) is 10.5.